The number of para-hydroxylation sites is 1. The molecule has 2 fully saturated rings. The Kier molecular flexibility index (Phi) is 8.49. The van der Waals surface area contributed by atoms with Gasteiger partial charge in [-0.3, -0.25) is 19.1 Å². The summed E-state index contributed by atoms with van der Waals surface area (Å²) in [7, 11) is 21.5. The Balaban J connectivity index is 1.47. The Bertz CT molecular complexity index is 1560. The third-order valence-corrected chi connectivity index (χ3v) is 7.17. The molecule has 3 N–H and O–H groups in total. The molecular weight excluding hydrogens is 549 g/mol. The van der Waals surface area contributed by atoms with E-state index in [-0.39, 0.29) is 41.0 Å². The molecule has 16 heteroatoms. The van der Waals surface area contributed by atoms with Crippen LogP contribution in [0.15, 0.2) is 30.3 Å². The molecule has 216 valence electrons. The van der Waals surface area contributed by atoms with Gasteiger partial charge in [0.1, 0.15) is 5.69 Å². The molecule has 1 aromatic carbocycles. The first-order valence-corrected chi connectivity index (χ1v) is 13.7. The smallest absolute Gasteiger partial charge is 0.272 e. The number of nitrogens with zero attached hydrogens (tertiary/aromatic N) is 5. The van der Waals surface area contributed by atoms with E-state index in [1.807, 2.05) is 0 Å². The lowest BCUT2D eigenvalue weighted by atomic mass is 9.49. The minimum atomic E-state index is -2.01. The number of hydrogen-bond donors (Lipinski definition) is 3. The van der Waals surface area contributed by atoms with Gasteiger partial charge >= 0.3 is 0 Å². The van der Waals surface area contributed by atoms with E-state index in [0.717, 1.165) is 19.3 Å². The van der Waals surface area contributed by atoms with Crippen molar-refractivity contribution in [2.75, 3.05) is 37.9 Å². The number of aromatic nitrogens is 4. The first-order chi connectivity index (χ1) is 20.5. The van der Waals surface area contributed by atoms with Crippen LogP contribution in [0.5, 0.6) is 5.75 Å². The molecule has 1 saturated heterocycles. The second kappa shape index (κ2) is 12.1. The van der Waals surface area contributed by atoms with Crippen LogP contribution in [0.3, 0.4) is 0 Å². The molecule has 43 heavy (non-hydrogen) atoms. The van der Waals surface area contributed by atoms with Crippen LogP contribution in [0.1, 0.15) is 40.2 Å². The molecule has 0 spiro atoms. The van der Waals surface area contributed by atoms with Crippen LogP contribution in [-0.2, 0) is 16.6 Å². The minimum Gasteiger partial charge on any atom is -0.494 e. The van der Waals surface area contributed by atoms with Crippen molar-refractivity contribution in [3.63, 3.8) is 0 Å². The zero-order valence-electron chi connectivity index (χ0n) is 24.1. The summed E-state index contributed by atoms with van der Waals surface area (Å²) in [5.74, 6) is -0.706. The molecular formula is C27H29B3N8O5. The first kappa shape index (κ1) is 30.1. The van der Waals surface area contributed by atoms with Crippen molar-refractivity contribution in [1.29, 1.82) is 0 Å². The van der Waals surface area contributed by atoms with Crippen LogP contribution >= 0.6 is 0 Å². The van der Waals surface area contributed by atoms with Gasteiger partial charge in [-0.15, -0.1) is 10.2 Å². The fourth-order valence-electron chi connectivity index (χ4n) is 4.81. The second-order valence-corrected chi connectivity index (χ2v) is 10.6. The predicted molar refractivity (Wildman–Crippen MR) is 161 cm³/mol. The number of rotatable bonds is 10. The number of carbonyl (C=O) groups excluding carboxylic acids is 3. The van der Waals surface area contributed by atoms with Crippen molar-refractivity contribution in [2.45, 2.75) is 30.6 Å². The predicted octanol–water partition coefficient (Wildman–Crippen LogP) is 0.685. The highest BCUT2D eigenvalue weighted by Gasteiger charge is 2.31. The number of aryl methyl sites for hydroxylation is 1. The third kappa shape index (κ3) is 6.85. The lowest BCUT2D eigenvalue weighted by Crippen LogP contribution is -2.50. The van der Waals surface area contributed by atoms with E-state index in [1.165, 1.54) is 17.9 Å². The number of nitrogens with one attached hydrogen (secondary N) is 3. The lowest BCUT2D eigenvalue weighted by molar-refractivity contribution is -0.117. The van der Waals surface area contributed by atoms with Crippen molar-refractivity contribution in [3.05, 3.63) is 41.7 Å². The van der Waals surface area contributed by atoms with Gasteiger partial charge in [0.05, 0.1) is 53.8 Å². The van der Waals surface area contributed by atoms with Gasteiger partial charge in [0.15, 0.2) is 17.3 Å². The summed E-state index contributed by atoms with van der Waals surface area (Å²) in [4.78, 5) is 40.3. The largest absolute Gasteiger partial charge is 0.494 e. The Morgan fingerprint density at radius 1 is 1.05 bits per heavy atom. The van der Waals surface area contributed by atoms with Gasteiger partial charge in [-0.1, -0.05) is 11.3 Å². The summed E-state index contributed by atoms with van der Waals surface area (Å²) in [5.41, 5.74) is 1.90. The van der Waals surface area contributed by atoms with Crippen molar-refractivity contribution >= 4 is 58.5 Å². The van der Waals surface area contributed by atoms with Gasteiger partial charge < -0.3 is 30.3 Å². The quantitative estimate of drug-likeness (QED) is 0.295. The summed E-state index contributed by atoms with van der Waals surface area (Å²) in [5, 5.41) is 18.6. The van der Waals surface area contributed by atoms with E-state index in [1.54, 1.807) is 43.3 Å². The standard InChI is InChI=1S/C27H29B3N8O5/c1-37-20(26(41)38-10-9-15(13-38)42-2)11-18(36-37)16-5-4-6-17(23(16)43-3)31-19-12-21(32-24(39)14-7-8-14)34-35-22(19)25(40)33-27(28,29)30/h4-6,11-12,14-15H,7-10,13H2,1-3H3,(H,33,40)(H2,31,32,34,39). The topological polar surface area (TPSA) is 153 Å². The van der Waals surface area contributed by atoms with Crippen molar-refractivity contribution in [2.24, 2.45) is 13.0 Å². The average Bonchev–Trinajstić information content (AvgIpc) is 3.58. The van der Waals surface area contributed by atoms with Crippen LogP contribution in [0.25, 0.3) is 11.3 Å². The number of likely N-dealkylation sites (tertiary alicyclic amines) is 1. The molecule has 3 heterocycles. The van der Waals surface area contributed by atoms with E-state index < -0.39 is 11.1 Å². The van der Waals surface area contributed by atoms with E-state index in [9.17, 15) is 14.4 Å². The molecule has 2 aliphatic rings. The fraction of sp³-hybridized carbons (Fsp3) is 0.407. The number of benzene rings is 1. The Morgan fingerprint density at radius 2 is 1.81 bits per heavy atom. The van der Waals surface area contributed by atoms with Crippen LogP contribution in [0.2, 0.25) is 0 Å². The highest BCUT2D eigenvalue weighted by atomic mass is 16.5. The van der Waals surface area contributed by atoms with Gasteiger partial charge in [0.25, 0.3) is 11.8 Å². The Morgan fingerprint density at radius 3 is 2.47 bits per heavy atom. The molecule has 1 aliphatic carbocycles. The number of carbonyl (C=O) groups is 3. The van der Waals surface area contributed by atoms with Crippen molar-refractivity contribution < 1.29 is 23.9 Å². The van der Waals surface area contributed by atoms with E-state index >= 15 is 0 Å². The number of anilines is 3. The lowest BCUT2D eigenvalue weighted by Gasteiger charge is -2.23. The second-order valence-electron chi connectivity index (χ2n) is 10.6. The van der Waals surface area contributed by atoms with Gasteiger partial charge in [0.2, 0.25) is 5.91 Å². The summed E-state index contributed by atoms with van der Waals surface area (Å²) in [6.07, 6.45) is 2.38. The van der Waals surface area contributed by atoms with Crippen LogP contribution in [0, 0.1) is 5.92 Å². The molecule has 0 bridgehead atoms. The SMILES string of the molecule is [B]C([B])([B])NC(=O)c1nnc(NC(=O)C2CC2)cc1Nc1cccc(-c2cc(C(=O)N3CCC(OC)C3)n(C)n2)c1OC. The van der Waals surface area contributed by atoms with E-state index in [0.29, 0.717) is 41.5 Å². The number of ether oxygens (including phenoxy) is 2. The fourth-order valence-corrected chi connectivity index (χ4v) is 4.81. The zero-order valence-corrected chi connectivity index (χ0v) is 24.1. The van der Waals surface area contributed by atoms with Crippen LogP contribution in [-0.4, -0.2) is 105 Å². The number of amides is 3. The maximum Gasteiger partial charge on any atom is 0.272 e. The monoisotopic (exact) mass is 578 g/mol. The van der Waals surface area contributed by atoms with Crippen molar-refractivity contribution in [3.8, 4) is 17.0 Å². The summed E-state index contributed by atoms with van der Waals surface area (Å²) < 4.78 is 12.7. The van der Waals surface area contributed by atoms with Crippen molar-refractivity contribution in [1.82, 2.24) is 30.2 Å². The maximum atomic E-state index is 13.2. The summed E-state index contributed by atoms with van der Waals surface area (Å²) in [6, 6.07) is 8.43. The molecule has 2 aromatic heterocycles. The van der Waals surface area contributed by atoms with Crippen LogP contribution < -0.4 is 20.7 Å². The zero-order chi connectivity index (χ0) is 30.9. The molecule has 13 nitrogen and oxygen atoms in total. The molecule has 6 radical (unpaired) electrons. The molecule has 1 aliphatic heterocycles. The molecule has 1 saturated carbocycles. The molecule has 5 rings (SSSR count). The molecule has 3 aromatic rings. The minimum absolute atomic E-state index is 0.00710. The highest BCUT2D eigenvalue weighted by Crippen LogP contribution is 2.38. The average molecular weight is 578 g/mol. The maximum absolute atomic E-state index is 13.2. The van der Waals surface area contributed by atoms with Crippen LogP contribution in [0.4, 0.5) is 17.2 Å². The summed E-state index contributed by atoms with van der Waals surface area (Å²) >= 11 is 0. The summed E-state index contributed by atoms with van der Waals surface area (Å²) in [6.45, 7) is 1.11. The van der Waals surface area contributed by atoms with E-state index in [4.69, 9.17) is 33.0 Å². The Labute approximate surface area is 252 Å². The Hall–Kier alpha value is -4.33. The number of methoxy groups -OCH3 is 2. The van der Waals surface area contributed by atoms with E-state index in [2.05, 4.69) is 31.2 Å². The molecule has 1 atom stereocenters. The van der Waals surface area contributed by atoms with Gasteiger partial charge in [-0.25, -0.2) is 0 Å². The molecule has 3 amide bonds. The third-order valence-electron chi connectivity index (χ3n) is 7.17. The molecule has 1 unspecified atom stereocenters. The van der Waals surface area contributed by atoms with Gasteiger partial charge in [0, 0.05) is 44.8 Å². The van der Waals surface area contributed by atoms with Gasteiger partial charge in [-0.05, 0) is 37.5 Å². The first-order valence-electron chi connectivity index (χ1n) is 13.7. The number of hydrogen-bond acceptors (Lipinski definition) is 9. The van der Waals surface area contributed by atoms with Gasteiger partial charge in [-0.2, -0.15) is 5.10 Å². The normalized spacial score (nSPS) is 16.5. The highest BCUT2D eigenvalue weighted by molar-refractivity contribution is 6.60.